The Morgan fingerprint density at radius 1 is 0.547 bits per heavy atom. The number of hydrogen-bond acceptors (Lipinski definition) is 8. The predicted octanol–water partition coefficient (Wildman–Crippen LogP) is 4.44. The first-order valence-corrected chi connectivity index (χ1v) is 19.3. The Morgan fingerprint density at radius 3 is 1.25 bits per heavy atom. The largest absolute Gasteiger partial charge is 0.480 e. The molecule has 0 aliphatic rings. The summed E-state index contributed by atoms with van der Waals surface area (Å²) in [5.74, 6) is 0. The number of rotatable bonds is 12. The van der Waals surface area contributed by atoms with Crippen LogP contribution in [0.25, 0.3) is 8.25 Å². The van der Waals surface area contributed by atoms with Gasteiger partial charge in [-0.1, -0.05) is 30.3 Å². The minimum Gasteiger partial charge on any atom is -0.421 e. The van der Waals surface area contributed by atoms with E-state index in [9.17, 15) is 86.4 Å². The van der Waals surface area contributed by atoms with Gasteiger partial charge in [0.25, 0.3) is 0 Å². The third-order valence-corrected chi connectivity index (χ3v) is 11.2. The number of hydrogen-bond donors (Lipinski definition) is 0. The van der Waals surface area contributed by atoms with Crippen LogP contribution in [0.4, 0.5) is 52.7 Å². The van der Waals surface area contributed by atoms with Crippen molar-refractivity contribution in [2.24, 2.45) is 7.05 Å². The van der Waals surface area contributed by atoms with Gasteiger partial charge >= 0.3 is 22.0 Å². The van der Waals surface area contributed by atoms with Crippen LogP contribution in [0.2, 0.25) is 0 Å². The predicted molar refractivity (Wildman–Crippen MR) is 156 cm³/mol. The van der Waals surface area contributed by atoms with Gasteiger partial charge in [-0.05, 0) is 24.8 Å². The Labute approximate surface area is 293 Å². The number of alkyl halides is 12. The van der Waals surface area contributed by atoms with E-state index in [1.54, 1.807) is 0 Å². The first-order valence-electron chi connectivity index (χ1n) is 13.5. The van der Waals surface area contributed by atoms with E-state index in [1.807, 2.05) is 0 Å². The average Bonchev–Trinajstić information content (AvgIpc) is 3.59. The number of nitrogens with zero attached hydrogens (tertiary/aromatic N) is 6. The second kappa shape index (κ2) is 17.8. The third kappa shape index (κ3) is 15.4. The lowest BCUT2D eigenvalue weighted by atomic mass is 10.2. The van der Waals surface area contributed by atoms with Crippen molar-refractivity contribution in [1.82, 2.24) is 9.13 Å². The number of unbranched alkanes of at least 4 members (excludes halogenated alkanes) is 2. The van der Waals surface area contributed by atoms with Crippen molar-refractivity contribution in [2.75, 3.05) is 0 Å². The van der Waals surface area contributed by atoms with Crippen molar-refractivity contribution < 1.29 is 95.5 Å². The van der Waals surface area contributed by atoms with Gasteiger partial charge in [0, 0.05) is 0 Å². The molecule has 0 amide bonds. The van der Waals surface area contributed by atoms with Crippen molar-refractivity contribution in [3.05, 3.63) is 81.6 Å². The van der Waals surface area contributed by atoms with Crippen LogP contribution < -0.4 is 9.13 Å². The monoisotopic (exact) mass is 870 g/mol. The molecule has 0 aliphatic carbocycles. The Balaban J connectivity index is 0.000000416. The minimum absolute atomic E-state index is 0.778. The van der Waals surface area contributed by atoms with Gasteiger partial charge < -0.3 is 8.25 Å². The van der Waals surface area contributed by atoms with E-state index < -0.39 is 62.1 Å². The van der Waals surface area contributed by atoms with E-state index in [0.717, 1.165) is 27.9 Å². The highest BCUT2D eigenvalue weighted by Crippen LogP contribution is 2.37. The van der Waals surface area contributed by atoms with E-state index >= 15 is 0 Å². The van der Waals surface area contributed by atoms with Gasteiger partial charge in [0.15, 0.2) is 40.1 Å². The topological polar surface area (TPSA) is 182 Å². The number of sulfonamides is 4. The molecule has 0 N–H and O–H groups in total. The molecule has 53 heavy (non-hydrogen) atoms. The molecular formula is C23H26F12N6O8S4. The van der Waals surface area contributed by atoms with Crippen LogP contribution in [0.1, 0.15) is 24.8 Å². The number of halogens is 12. The fraction of sp³-hybridized carbons (Fsp3) is 0.478. The molecule has 304 valence electrons. The van der Waals surface area contributed by atoms with Crippen LogP contribution in [0.5, 0.6) is 0 Å². The maximum Gasteiger partial charge on any atom is 0.480 e. The fourth-order valence-corrected chi connectivity index (χ4v) is 6.70. The highest BCUT2D eigenvalue weighted by Gasteiger charge is 2.48. The summed E-state index contributed by atoms with van der Waals surface area (Å²) in [6.45, 7) is 3.15. The number of benzene rings is 1. The molecule has 0 saturated heterocycles. The molecule has 0 atom stereocenters. The minimum atomic E-state index is -6.72. The Hall–Kier alpha value is -3.48. The van der Waals surface area contributed by atoms with Crippen LogP contribution in [0.15, 0.2) is 67.8 Å². The van der Waals surface area contributed by atoms with Crippen molar-refractivity contribution in [1.29, 1.82) is 0 Å². The SMILES string of the molecule is C[n+]1ccn(CCCCCn2cc[n+](Cc3ccccc3)c2)c1.O=S(=O)([N-]S(=O)(=O)C(F)(F)F)C(F)(F)F.O=S(=O)([N-]S(=O)(=O)C(F)(F)F)C(F)(F)F. The number of aromatic nitrogens is 4. The quantitative estimate of drug-likeness (QED) is 0.146. The Kier molecular flexibility index (Phi) is 15.9. The molecule has 0 bridgehead atoms. The Bertz CT molecular complexity index is 1890. The molecule has 0 radical (unpaired) electrons. The summed E-state index contributed by atoms with van der Waals surface area (Å²) >= 11 is 0. The summed E-state index contributed by atoms with van der Waals surface area (Å²) < 4.78 is 227. The van der Waals surface area contributed by atoms with Crippen molar-refractivity contribution in [2.45, 2.75) is 60.9 Å². The fourth-order valence-electron chi connectivity index (χ4n) is 3.29. The molecule has 30 heteroatoms. The standard InChI is InChI=1S/C19H26N4.2C2F6NO4S2/c1-20-12-13-21(17-20)10-6-3-7-11-22-14-15-23(18-22)16-19-8-4-2-5-9-19;2*3-1(4,5)14(10,11)9-15(12,13)2(6,7)8/h2,4-5,8-9,12-15,17-18H,3,6-7,10-11,16H2,1H3;;/q+2;2*-1. The summed E-state index contributed by atoms with van der Waals surface area (Å²) in [6.07, 6.45) is 16.6. The van der Waals surface area contributed by atoms with E-state index in [1.165, 1.54) is 24.8 Å². The molecule has 3 rings (SSSR count). The summed E-state index contributed by atoms with van der Waals surface area (Å²) in [5, 5.41) is 0. The second-order valence-corrected chi connectivity index (χ2v) is 16.9. The molecule has 2 aromatic heterocycles. The smallest absolute Gasteiger partial charge is 0.421 e. The molecule has 2 heterocycles. The normalized spacial score (nSPS) is 13.5. The zero-order valence-electron chi connectivity index (χ0n) is 26.2. The van der Waals surface area contributed by atoms with Gasteiger partial charge in [-0.15, -0.1) is 0 Å². The molecule has 0 fully saturated rings. The molecule has 14 nitrogen and oxygen atoms in total. The second-order valence-electron chi connectivity index (χ2n) is 10.0. The lowest BCUT2D eigenvalue weighted by molar-refractivity contribution is -0.687. The molecule has 1 aromatic carbocycles. The zero-order valence-corrected chi connectivity index (χ0v) is 29.5. The van der Waals surface area contributed by atoms with Gasteiger partial charge in [0.2, 0.25) is 12.7 Å². The first-order chi connectivity index (χ1) is 23.7. The number of imidazole rings is 2. The summed E-state index contributed by atoms with van der Waals surface area (Å²) in [5.41, 5.74) is -23.5. The van der Waals surface area contributed by atoms with E-state index in [0.29, 0.717) is 0 Å². The third-order valence-electron chi connectivity index (χ3n) is 5.67. The Morgan fingerprint density at radius 2 is 0.906 bits per heavy atom. The maximum absolute atomic E-state index is 11.4. The van der Waals surface area contributed by atoms with Crippen LogP contribution in [0, 0.1) is 0 Å². The molecular weight excluding hydrogens is 845 g/mol. The summed E-state index contributed by atoms with van der Waals surface area (Å²) in [7, 11) is -24.8. The van der Waals surface area contributed by atoms with Crippen LogP contribution in [-0.4, -0.2) is 64.8 Å². The molecule has 0 spiro atoms. The van der Waals surface area contributed by atoms with Gasteiger partial charge in [-0.2, -0.15) is 52.7 Å². The van der Waals surface area contributed by atoms with Gasteiger partial charge in [0.1, 0.15) is 31.3 Å². The van der Waals surface area contributed by atoms with Crippen molar-refractivity contribution in [3.8, 4) is 0 Å². The molecule has 0 saturated carbocycles. The average molecular weight is 871 g/mol. The first kappa shape index (κ1) is 47.5. The lowest BCUT2D eigenvalue weighted by Gasteiger charge is -2.22. The summed E-state index contributed by atoms with van der Waals surface area (Å²) in [4.78, 5) is 0. The number of aryl methyl sites for hydroxylation is 3. The molecule has 3 aromatic rings. The molecule has 0 aliphatic heterocycles. The van der Waals surface area contributed by atoms with E-state index in [-0.39, 0.29) is 0 Å². The summed E-state index contributed by atoms with van der Waals surface area (Å²) in [6, 6.07) is 10.6. The van der Waals surface area contributed by atoms with Gasteiger partial charge in [-0.25, -0.2) is 51.9 Å². The lowest BCUT2D eigenvalue weighted by Crippen LogP contribution is -2.31. The van der Waals surface area contributed by atoms with E-state index in [2.05, 4.69) is 93.1 Å². The van der Waals surface area contributed by atoms with Crippen LogP contribution >= 0.6 is 0 Å². The zero-order chi connectivity index (χ0) is 41.3. The van der Waals surface area contributed by atoms with Gasteiger partial charge in [0.05, 0.1) is 20.1 Å². The van der Waals surface area contributed by atoms with Crippen molar-refractivity contribution in [3.63, 3.8) is 0 Å². The van der Waals surface area contributed by atoms with Crippen LogP contribution in [0.3, 0.4) is 0 Å². The van der Waals surface area contributed by atoms with Crippen LogP contribution in [-0.2, 0) is 66.8 Å². The van der Waals surface area contributed by atoms with E-state index in [4.69, 9.17) is 0 Å². The van der Waals surface area contributed by atoms with Crippen molar-refractivity contribution >= 4 is 40.1 Å². The maximum atomic E-state index is 11.4. The molecule has 0 unspecified atom stereocenters. The highest BCUT2D eigenvalue weighted by atomic mass is 32.3. The highest BCUT2D eigenvalue weighted by molar-refractivity contribution is 8.13. The van der Waals surface area contributed by atoms with Gasteiger partial charge in [-0.3, -0.25) is 0 Å².